The second kappa shape index (κ2) is 6.55. The highest BCUT2D eigenvalue weighted by atomic mass is 32.2. The van der Waals surface area contributed by atoms with Crippen molar-refractivity contribution in [2.45, 2.75) is 28.6 Å². The molecule has 3 rings (SSSR count). The number of methoxy groups -OCH3 is 1. The normalized spacial score (nSPS) is 23.6. The minimum atomic E-state index is -3.60. The molecule has 1 heterocycles. The molecule has 0 radical (unpaired) electrons. The van der Waals surface area contributed by atoms with Crippen LogP contribution in [-0.2, 0) is 29.7 Å². The Morgan fingerprint density at radius 3 is 2.20 bits per heavy atom. The first-order chi connectivity index (χ1) is 11.9. The van der Waals surface area contributed by atoms with Gasteiger partial charge in [0, 0.05) is 7.11 Å². The van der Waals surface area contributed by atoms with Crippen LogP contribution in [0, 0.1) is 0 Å². The topological polar surface area (TPSA) is 69.7 Å². The van der Waals surface area contributed by atoms with Gasteiger partial charge in [-0.2, -0.15) is 0 Å². The van der Waals surface area contributed by atoms with E-state index in [0.29, 0.717) is 5.56 Å². The van der Waals surface area contributed by atoms with Crippen molar-refractivity contribution in [3.8, 4) is 0 Å². The average Bonchev–Trinajstić information content (AvgIpc) is 2.65. The lowest BCUT2D eigenvalue weighted by Crippen LogP contribution is -2.41. The van der Waals surface area contributed by atoms with Crippen molar-refractivity contribution in [2.75, 3.05) is 7.11 Å². The van der Waals surface area contributed by atoms with Crippen molar-refractivity contribution in [2.24, 2.45) is 0 Å². The summed E-state index contributed by atoms with van der Waals surface area (Å²) in [4.78, 5) is 12.7. The quantitative estimate of drug-likeness (QED) is 0.841. The Hall–Kier alpha value is -2.28. The van der Waals surface area contributed by atoms with E-state index < -0.39 is 21.7 Å². The van der Waals surface area contributed by atoms with Crippen LogP contribution < -0.4 is 0 Å². The van der Waals surface area contributed by atoms with Gasteiger partial charge in [-0.05, 0) is 48.9 Å². The van der Waals surface area contributed by atoms with E-state index in [0.717, 1.165) is 0 Å². The molecule has 0 saturated carbocycles. The van der Waals surface area contributed by atoms with Crippen LogP contribution in [0.3, 0.4) is 0 Å². The summed E-state index contributed by atoms with van der Waals surface area (Å²) in [7, 11) is -2.11. The molecule has 0 saturated heterocycles. The highest BCUT2D eigenvalue weighted by Gasteiger charge is 2.39. The Kier molecular flexibility index (Phi) is 4.60. The molecule has 0 amide bonds. The Bertz CT molecular complexity index is 901. The number of carbonyl (C=O) groups excluding carboxylic acids is 1. The monoisotopic (exact) mass is 358 g/mol. The van der Waals surface area contributed by atoms with Crippen molar-refractivity contribution in [1.29, 1.82) is 0 Å². The summed E-state index contributed by atoms with van der Waals surface area (Å²) < 4.78 is 36.1. The van der Waals surface area contributed by atoms with E-state index in [1.165, 1.54) is 31.4 Å². The number of ketones is 1. The zero-order valence-corrected chi connectivity index (χ0v) is 14.7. The number of hydrogen-bond acceptors (Lipinski definition) is 5. The van der Waals surface area contributed by atoms with E-state index in [9.17, 15) is 13.2 Å². The van der Waals surface area contributed by atoms with Crippen LogP contribution in [0.15, 0.2) is 76.5 Å². The fraction of sp³-hybridized carbons (Fsp3) is 0.211. The van der Waals surface area contributed by atoms with Gasteiger partial charge in [0.05, 0.1) is 9.79 Å². The molecule has 5 nitrogen and oxygen atoms in total. The molecular weight excluding hydrogens is 340 g/mol. The molecule has 2 aromatic carbocycles. The molecule has 0 bridgehead atoms. The van der Waals surface area contributed by atoms with Gasteiger partial charge in [-0.15, -0.1) is 0 Å². The maximum Gasteiger partial charge on any atom is 0.206 e. The third kappa shape index (κ3) is 3.16. The van der Waals surface area contributed by atoms with Gasteiger partial charge in [-0.3, -0.25) is 4.79 Å². The van der Waals surface area contributed by atoms with Gasteiger partial charge in [0.25, 0.3) is 0 Å². The maximum atomic E-state index is 12.6. The molecule has 1 aliphatic heterocycles. The van der Waals surface area contributed by atoms with Crippen LogP contribution in [0.5, 0.6) is 0 Å². The lowest BCUT2D eigenvalue weighted by Gasteiger charge is -2.33. The summed E-state index contributed by atoms with van der Waals surface area (Å²) in [6.45, 7) is 1.64. The molecule has 2 unspecified atom stereocenters. The van der Waals surface area contributed by atoms with Crippen molar-refractivity contribution in [3.05, 3.63) is 72.3 Å². The predicted molar refractivity (Wildman–Crippen MR) is 91.7 cm³/mol. The molecule has 0 aliphatic carbocycles. The SMILES string of the molecule is COC1C=CC(=O)C(C)(c2ccc(S(=O)(=O)c3ccccc3)cc2)O1. The summed E-state index contributed by atoms with van der Waals surface area (Å²) in [5.41, 5.74) is -0.652. The van der Waals surface area contributed by atoms with Crippen LogP contribution >= 0.6 is 0 Å². The van der Waals surface area contributed by atoms with Crippen molar-refractivity contribution in [1.82, 2.24) is 0 Å². The Labute approximate surface area is 146 Å². The van der Waals surface area contributed by atoms with E-state index >= 15 is 0 Å². The molecule has 0 aromatic heterocycles. The van der Waals surface area contributed by atoms with E-state index in [1.54, 1.807) is 49.4 Å². The second-order valence-corrected chi connectivity index (χ2v) is 7.77. The lowest BCUT2D eigenvalue weighted by molar-refractivity contribution is -0.185. The maximum absolute atomic E-state index is 12.6. The standard InChI is InChI=1S/C19H18O5S/c1-19(17(20)12-13-18(23-2)24-19)14-8-10-16(11-9-14)25(21,22)15-6-4-3-5-7-15/h3-13,18H,1-2H3. The van der Waals surface area contributed by atoms with Crippen molar-refractivity contribution >= 4 is 15.6 Å². The molecule has 6 heteroatoms. The van der Waals surface area contributed by atoms with Gasteiger partial charge in [0.2, 0.25) is 9.84 Å². The third-order valence-electron chi connectivity index (χ3n) is 4.23. The lowest BCUT2D eigenvalue weighted by atomic mass is 9.89. The number of rotatable bonds is 4. The largest absolute Gasteiger partial charge is 0.352 e. The Morgan fingerprint density at radius 1 is 1.00 bits per heavy atom. The second-order valence-electron chi connectivity index (χ2n) is 5.82. The molecule has 2 aromatic rings. The zero-order valence-electron chi connectivity index (χ0n) is 13.9. The molecule has 0 fully saturated rings. The number of carbonyl (C=O) groups is 1. The first-order valence-corrected chi connectivity index (χ1v) is 9.20. The predicted octanol–water partition coefficient (Wildman–Crippen LogP) is 2.86. The minimum Gasteiger partial charge on any atom is -0.352 e. The minimum absolute atomic E-state index is 0.160. The van der Waals surface area contributed by atoms with Crippen LogP contribution in [0.4, 0.5) is 0 Å². The van der Waals surface area contributed by atoms with Gasteiger partial charge < -0.3 is 9.47 Å². The average molecular weight is 358 g/mol. The highest BCUT2D eigenvalue weighted by molar-refractivity contribution is 7.91. The van der Waals surface area contributed by atoms with Crippen molar-refractivity contribution < 1.29 is 22.7 Å². The smallest absolute Gasteiger partial charge is 0.206 e. The molecule has 0 spiro atoms. The number of hydrogen-bond donors (Lipinski definition) is 0. The van der Waals surface area contributed by atoms with E-state index in [4.69, 9.17) is 9.47 Å². The molecular formula is C19H18O5S. The van der Waals surface area contributed by atoms with E-state index in [1.807, 2.05) is 0 Å². The van der Waals surface area contributed by atoms with Crippen LogP contribution in [-0.4, -0.2) is 27.6 Å². The van der Waals surface area contributed by atoms with Gasteiger partial charge in [0.1, 0.15) is 0 Å². The number of ether oxygens (including phenoxy) is 2. The first kappa shape index (κ1) is 17.5. The summed E-state index contributed by atoms with van der Waals surface area (Å²) in [5, 5.41) is 0. The molecule has 130 valence electrons. The van der Waals surface area contributed by atoms with Crippen LogP contribution in [0.2, 0.25) is 0 Å². The van der Waals surface area contributed by atoms with Crippen molar-refractivity contribution in [3.63, 3.8) is 0 Å². The fourth-order valence-electron chi connectivity index (χ4n) is 2.68. The zero-order chi connectivity index (χ0) is 18.1. The molecule has 2 atom stereocenters. The summed E-state index contributed by atoms with van der Waals surface area (Å²) in [6, 6.07) is 14.4. The summed E-state index contributed by atoms with van der Waals surface area (Å²) in [6.07, 6.45) is 2.33. The fourth-order valence-corrected chi connectivity index (χ4v) is 3.96. The van der Waals surface area contributed by atoms with E-state index in [2.05, 4.69) is 0 Å². The number of benzene rings is 2. The first-order valence-electron chi connectivity index (χ1n) is 7.72. The van der Waals surface area contributed by atoms with Gasteiger partial charge in [-0.25, -0.2) is 8.42 Å². The van der Waals surface area contributed by atoms with Gasteiger partial charge in [0.15, 0.2) is 17.7 Å². The Balaban J connectivity index is 1.96. The molecule has 25 heavy (non-hydrogen) atoms. The van der Waals surface area contributed by atoms with Gasteiger partial charge >= 0.3 is 0 Å². The van der Waals surface area contributed by atoms with Gasteiger partial charge in [-0.1, -0.05) is 30.3 Å². The Morgan fingerprint density at radius 2 is 1.60 bits per heavy atom. The number of sulfone groups is 1. The highest BCUT2D eigenvalue weighted by Crippen LogP contribution is 2.33. The van der Waals surface area contributed by atoms with E-state index in [-0.39, 0.29) is 15.6 Å². The van der Waals surface area contributed by atoms with Crippen LogP contribution in [0.25, 0.3) is 0 Å². The third-order valence-corrected chi connectivity index (χ3v) is 6.01. The summed E-state index contributed by atoms with van der Waals surface area (Å²) in [5.74, 6) is -0.223. The molecule has 0 N–H and O–H groups in total. The summed E-state index contributed by atoms with van der Waals surface area (Å²) >= 11 is 0. The molecule has 1 aliphatic rings. The van der Waals surface area contributed by atoms with Crippen LogP contribution in [0.1, 0.15) is 12.5 Å².